The van der Waals surface area contributed by atoms with Crippen molar-refractivity contribution in [3.63, 3.8) is 0 Å². The molecule has 3 N–H and O–H groups in total. The minimum absolute atomic E-state index is 0.0808. The van der Waals surface area contributed by atoms with Gasteiger partial charge in [-0.15, -0.1) is 10.2 Å². The summed E-state index contributed by atoms with van der Waals surface area (Å²) < 4.78 is 0. The molecule has 110 valence electrons. The van der Waals surface area contributed by atoms with E-state index in [4.69, 9.17) is 0 Å². The summed E-state index contributed by atoms with van der Waals surface area (Å²) in [4.78, 5) is 26.2. The molecule has 0 radical (unpaired) electrons. The number of hydrogen-bond acceptors (Lipinski definition) is 5. The summed E-state index contributed by atoms with van der Waals surface area (Å²) in [6.45, 7) is 5.61. The molecule has 2 aromatic rings. The molecule has 21 heavy (non-hydrogen) atoms. The predicted molar refractivity (Wildman–Crippen MR) is 78.9 cm³/mol. The fourth-order valence-electron chi connectivity index (χ4n) is 1.66. The Morgan fingerprint density at radius 3 is 2.38 bits per heavy atom. The Kier molecular flexibility index (Phi) is 4.02. The van der Waals surface area contributed by atoms with Gasteiger partial charge in [0.15, 0.2) is 0 Å². The average Bonchev–Trinajstić information content (AvgIpc) is 2.44. The first-order chi connectivity index (χ1) is 9.88. The lowest BCUT2D eigenvalue weighted by molar-refractivity contribution is 0.0962. The maximum atomic E-state index is 11.9. The molecule has 1 aromatic heterocycles. The standard InChI is InChI=1S/C14H17N5O2/c1-14(2,3)10-12(21)15-13(18-16-10)19-17-11(20)9-7-5-4-6-8-9/h4-8H,1-3H3,(H,17,20)(H2,15,18,19,21). The van der Waals surface area contributed by atoms with Gasteiger partial charge < -0.3 is 0 Å². The highest BCUT2D eigenvalue weighted by Crippen LogP contribution is 2.15. The van der Waals surface area contributed by atoms with Gasteiger partial charge in [0.1, 0.15) is 5.69 Å². The van der Waals surface area contributed by atoms with E-state index in [1.54, 1.807) is 24.3 Å². The highest BCUT2D eigenvalue weighted by atomic mass is 16.2. The molecule has 0 atom stereocenters. The Morgan fingerprint density at radius 1 is 1.14 bits per heavy atom. The second-order valence-corrected chi connectivity index (χ2v) is 5.55. The minimum Gasteiger partial charge on any atom is -0.288 e. The van der Waals surface area contributed by atoms with Crippen molar-refractivity contribution in [1.82, 2.24) is 20.6 Å². The van der Waals surface area contributed by atoms with Crippen LogP contribution in [0.15, 0.2) is 35.1 Å². The fraction of sp³-hybridized carbons (Fsp3) is 0.286. The van der Waals surface area contributed by atoms with E-state index in [1.165, 1.54) is 0 Å². The quantitative estimate of drug-likeness (QED) is 0.737. The third-order valence-electron chi connectivity index (χ3n) is 2.74. The average molecular weight is 287 g/mol. The number of hydrazine groups is 1. The fourth-order valence-corrected chi connectivity index (χ4v) is 1.66. The monoisotopic (exact) mass is 287 g/mol. The van der Waals surface area contributed by atoms with Crippen molar-refractivity contribution in [3.8, 4) is 0 Å². The summed E-state index contributed by atoms with van der Waals surface area (Å²) in [5.74, 6) is -0.254. The number of carbonyl (C=O) groups is 1. The van der Waals surface area contributed by atoms with Crippen molar-refractivity contribution in [2.24, 2.45) is 0 Å². The number of benzene rings is 1. The SMILES string of the molecule is CC(C)(C)c1nnc(NNC(=O)c2ccccc2)[nH]c1=O. The number of anilines is 1. The van der Waals surface area contributed by atoms with Crippen LogP contribution >= 0.6 is 0 Å². The summed E-state index contributed by atoms with van der Waals surface area (Å²) in [5.41, 5.74) is 5.07. The first-order valence-corrected chi connectivity index (χ1v) is 6.47. The number of carbonyl (C=O) groups excluding carboxylic acids is 1. The van der Waals surface area contributed by atoms with Gasteiger partial charge in [-0.3, -0.25) is 25.4 Å². The van der Waals surface area contributed by atoms with Crippen molar-refractivity contribution in [1.29, 1.82) is 0 Å². The molecule has 0 aliphatic rings. The van der Waals surface area contributed by atoms with E-state index < -0.39 is 5.41 Å². The highest BCUT2D eigenvalue weighted by molar-refractivity contribution is 5.94. The Balaban J connectivity index is 2.07. The van der Waals surface area contributed by atoms with Crippen LogP contribution in [0.2, 0.25) is 0 Å². The van der Waals surface area contributed by atoms with Crippen molar-refractivity contribution >= 4 is 11.9 Å². The second kappa shape index (κ2) is 5.74. The molecule has 0 spiro atoms. The molecule has 0 unspecified atom stereocenters. The van der Waals surface area contributed by atoms with E-state index in [0.717, 1.165) is 0 Å². The van der Waals surface area contributed by atoms with Gasteiger partial charge in [0.05, 0.1) is 0 Å². The van der Waals surface area contributed by atoms with Gasteiger partial charge in [0.25, 0.3) is 11.5 Å². The van der Waals surface area contributed by atoms with E-state index in [9.17, 15) is 9.59 Å². The number of nitrogens with zero attached hydrogens (tertiary/aromatic N) is 2. The third-order valence-corrected chi connectivity index (χ3v) is 2.74. The summed E-state index contributed by atoms with van der Waals surface area (Å²) in [6.07, 6.45) is 0. The molecule has 0 fully saturated rings. The van der Waals surface area contributed by atoms with Gasteiger partial charge in [0.2, 0.25) is 5.95 Å². The second-order valence-electron chi connectivity index (χ2n) is 5.55. The Hall–Kier alpha value is -2.70. The number of H-pyrrole nitrogens is 1. The number of aromatic amines is 1. The van der Waals surface area contributed by atoms with Gasteiger partial charge in [-0.25, -0.2) is 0 Å². The predicted octanol–water partition coefficient (Wildman–Crippen LogP) is 1.22. The van der Waals surface area contributed by atoms with Crippen LogP contribution < -0.4 is 16.4 Å². The van der Waals surface area contributed by atoms with E-state index in [-0.39, 0.29) is 17.4 Å². The van der Waals surface area contributed by atoms with E-state index in [2.05, 4.69) is 26.0 Å². The molecule has 0 saturated carbocycles. The van der Waals surface area contributed by atoms with Crippen LogP contribution in [0, 0.1) is 0 Å². The molecule has 2 rings (SSSR count). The Labute approximate surface area is 121 Å². The van der Waals surface area contributed by atoms with E-state index in [0.29, 0.717) is 11.3 Å². The minimum atomic E-state index is -0.396. The Morgan fingerprint density at radius 2 is 1.81 bits per heavy atom. The molecular formula is C14H17N5O2. The zero-order valence-electron chi connectivity index (χ0n) is 12.1. The molecule has 0 bridgehead atoms. The largest absolute Gasteiger partial charge is 0.288 e. The third kappa shape index (κ3) is 3.65. The molecule has 7 heteroatoms. The van der Waals surface area contributed by atoms with E-state index >= 15 is 0 Å². The lowest BCUT2D eigenvalue weighted by Crippen LogP contribution is -2.33. The smallest absolute Gasteiger partial charge is 0.274 e. The number of rotatable bonds is 3. The lowest BCUT2D eigenvalue weighted by atomic mass is 9.93. The van der Waals surface area contributed by atoms with Crippen molar-refractivity contribution in [3.05, 3.63) is 51.9 Å². The van der Waals surface area contributed by atoms with Crippen molar-refractivity contribution in [2.45, 2.75) is 26.2 Å². The van der Waals surface area contributed by atoms with Crippen LogP contribution in [0.5, 0.6) is 0 Å². The summed E-state index contributed by atoms with van der Waals surface area (Å²) >= 11 is 0. The molecular weight excluding hydrogens is 270 g/mol. The van der Waals surface area contributed by atoms with Crippen LogP contribution in [0.4, 0.5) is 5.95 Å². The van der Waals surface area contributed by atoms with Crippen molar-refractivity contribution < 1.29 is 4.79 Å². The van der Waals surface area contributed by atoms with Crippen LogP contribution in [-0.2, 0) is 5.41 Å². The maximum absolute atomic E-state index is 11.9. The van der Waals surface area contributed by atoms with Gasteiger partial charge in [-0.2, -0.15) is 0 Å². The van der Waals surface area contributed by atoms with Gasteiger partial charge in [-0.1, -0.05) is 39.0 Å². The molecule has 0 saturated heterocycles. The highest BCUT2D eigenvalue weighted by Gasteiger charge is 2.20. The molecule has 1 amide bonds. The summed E-state index contributed by atoms with van der Waals surface area (Å²) in [6, 6.07) is 8.68. The van der Waals surface area contributed by atoms with Crippen LogP contribution in [0.3, 0.4) is 0 Å². The molecule has 1 aromatic carbocycles. The molecule has 7 nitrogen and oxygen atoms in total. The van der Waals surface area contributed by atoms with Gasteiger partial charge >= 0.3 is 0 Å². The molecule has 1 heterocycles. The van der Waals surface area contributed by atoms with Gasteiger partial charge in [0, 0.05) is 11.0 Å². The zero-order chi connectivity index (χ0) is 15.5. The topological polar surface area (TPSA) is 99.8 Å². The first kappa shape index (κ1) is 14.7. The van der Waals surface area contributed by atoms with E-state index in [1.807, 2.05) is 26.8 Å². The normalized spacial score (nSPS) is 11.0. The number of amides is 1. The maximum Gasteiger partial charge on any atom is 0.274 e. The molecule has 0 aliphatic heterocycles. The van der Waals surface area contributed by atoms with Crippen molar-refractivity contribution in [2.75, 3.05) is 5.43 Å². The summed E-state index contributed by atoms with van der Waals surface area (Å²) in [5, 5.41) is 7.73. The number of hydrogen-bond donors (Lipinski definition) is 3. The van der Waals surface area contributed by atoms with Crippen LogP contribution in [0.1, 0.15) is 36.8 Å². The lowest BCUT2D eigenvalue weighted by Gasteiger charge is -2.15. The molecule has 0 aliphatic carbocycles. The zero-order valence-corrected chi connectivity index (χ0v) is 12.1. The summed E-state index contributed by atoms with van der Waals surface area (Å²) in [7, 11) is 0. The van der Waals surface area contributed by atoms with Crippen LogP contribution in [0.25, 0.3) is 0 Å². The number of aromatic nitrogens is 3. The Bertz CT molecular complexity index is 689. The first-order valence-electron chi connectivity index (χ1n) is 6.47. The van der Waals surface area contributed by atoms with Crippen LogP contribution in [-0.4, -0.2) is 21.1 Å². The number of nitrogens with one attached hydrogen (secondary N) is 3. The van der Waals surface area contributed by atoms with Gasteiger partial charge in [-0.05, 0) is 12.1 Å².